The molecule has 0 aromatic heterocycles. The molecule has 1 aromatic rings. The van der Waals surface area contributed by atoms with Gasteiger partial charge in [-0.2, -0.15) is 0 Å². The lowest BCUT2D eigenvalue weighted by atomic mass is 9.93. The van der Waals surface area contributed by atoms with Gasteiger partial charge in [-0.25, -0.2) is 4.79 Å². The van der Waals surface area contributed by atoms with Crippen molar-refractivity contribution in [3.8, 4) is 0 Å². The Labute approximate surface area is 165 Å². The fraction of sp³-hybridized carbons (Fsp3) is 0.600. The number of amides is 1. The summed E-state index contributed by atoms with van der Waals surface area (Å²) in [6.45, 7) is 5.67. The maximum atomic E-state index is 12.2. The molecule has 0 heterocycles. The number of rotatable bonds is 11. The van der Waals surface area contributed by atoms with Gasteiger partial charge in [-0.1, -0.05) is 35.4 Å². The first-order chi connectivity index (χ1) is 13.2. The van der Waals surface area contributed by atoms with Gasteiger partial charge in [0.05, 0.1) is 5.92 Å². The summed E-state index contributed by atoms with van der Waals surface area (Å²) in [6, 6.07) is 9.47. The molecule has 0 saturated heterocycles. The summed E-state index contributed by atoms with van der Waals surface area (Å²) in [4.78, 5) is 26.4. The third-order valence-corrected chi connectivity index (χ3v) is 4.13. The Bertz CT molecular complexity index is 667. The second-order valence-electron chi connectivity index (χ2n) is 7.74. The van der Waals surface area contributed by atoms with Gasteiger partial charge in [-0.15, -0.1) is 0 Å². The van der Waals surface area contributed by atoms with Gasteiger partial charge in [0.25, 0.3) is 0 Å². The second-order valence-corrected chi connectivity index (χ2v) is 7.74. The van der Waals surface area contributed by atoms with Crippen LogP contribution in [0.25, 0.3) is 10.4 Å². The molecule has 0 aliphatic heterocycles. The molecule has 0 aliphatic carbocycles. The van der Waals surface area contributed by atoms with E-state index in [0.717, 1.165) is 5.56 Å². The summed E-state index contributed by atoms with van der Waals surface area (Å²) in [5.74, 6) is -1.43. The van der Waals surface area contributed by atoms with Crippen molar-refractivity contribution in [2.45, 2.75) is 64.5 Å². The van der Waals surface area contributed by atoms with Crippen LogP contribution in [0.5, 0.6) is 0 Å². The maximum absolute atomic E-state index is 12.2. The molecule has 2 atom stereocenters. The third-order valence-electron chi connectivity index (χ3n) is 4.13. The summed E-state index contributed by atoms with van der Waals surface area (Å²) in [5.41, 5.74) is 8.76. The Kier molecular flexibility index (Phi) is 9.88. The lowest BCUT2D eigenvalue weighted by Gasteiger charge is -2.24. The molecule has 154 valence electrons. The summed E-state index contributed by atoms with van der Waals surface area (Å²) in [6.07, 6.45) is 1.95. The highest BCUT2D eigenvalue weighted by molar-refractivity contribution is 5.70. The molecule has 1 rings (SSSR count). The fourth-order valence-corrected chi connectivity index (χ4v) is 2.84. The van der Waals surface area contributed by atoms with Crippen LogP contribution in [0.2, 0.25) is 0 Å². The summed E-state index contributed by atoms with van der Waals surface area (Å²) >= 11 is 0. The van der Waals surface area contributed by atoms with Crippen molar-refractivity contribution < 1.29 is 19.4 Å². The smallest absolute Gasteiger partial charge is 0.407 e. The van der Waals surface area contributed by atoms with Gasteiger partial charge in [-0.3, -0.25) is 4.79 Å². The number of carbonyl (C=O) groups excluding carboxylic acids is 1. The van der Waals surface area contributed by atoms with Gasteiger partial charge < -0.3 is 15.2 Å². The molecule has 28 heavy (non-hydrogen) atoms. The molecule has 8 heteroatoms. The first-order valence-corrected chi connectivity index (χ1v) is 9.48. The van der Waals surface area contributed by atoms with Crippen molar-refractivity contribution >= 4 is 12.1 Å². The van der Waals surface area contributed by atoms with Crippen molar-refractivity contribution in [3.63, 3.8) is 0 Å². The van der Waals surface area contributed by atoms with Gasteiger partial charge in [0.1, 0.15) is 5.60 Å². The Hall–Kier alpha value is -2.73. The molecule has 1 amide bonds. The van der Waals surface area contributed by atoms with E-state index in [1.807, 2.05) is 30.3 Å². The van der Waals surface area contributed by atoms with Gasteiger partial charge in [0.2, 0.25) is 0 Å². The molecule has 0 spiro atoms. The molecule has 1 aromatic carbocycles. The molecule has 0 bridgehead atoms. The standard InChI is InChI=1S/C20H30N4O4/c1-20(2,3)28-19(27)23-17(14-15-8-5-4-6-9-15)12-11-16(18(25)26)10-7-13-22-24-21/h4-6,8-9,16-17H,7,10-14H2,1-3H3,(H,23,27)(H,25,26)/t16-,17+/m1/s1. The topological polar surface area (TPSA) is 124 Å². The van der Waals surface area contributed by atoms with E-state index < -0.39 is 23.6 Å². The minimum Gasteiger partial charge on any atom is -0.481 e. The average molecular weight is 390 g/mol. The highest BCUT2D eigenvalue weighted by Crippen LogP contribution is 2.18. The maximum Gasteiger partial charge on any atom is 0.407 e. The zero-order valence-electron chi connectivity index (χ0n) is 16.8. The van der Waals surface area contributed by atoms with Crippen molar-refractivity contribution in [3.05, 3.63) is 46.3 Å². The SMILES string of the molecule is CC(C)(C)OC(=O)N[C@@H](CC[C@@H](CCCN=[N+]=[N-])C(=O)O)Cc1ccccc1. The molecule has 0 aliphatic rings. The summed E-state index contributed by atoms with van der Waals surface area (Å²) in [7, 11) is 0. The van der Waals surface area contributed by atoms with Gasteiger partial charge in [-0.05, 0) is 64.0 Å². The molecule has 2 N–H and O–H groups in total. The van der Waals surface area contributed by atoms with Crippen LogP contribution in [0.4, 0.5) is 4.79 Å². The number of hydrogen-bond donors (Lipinski definition) is 2. The number of carbonyl (C=O) groups is 2. The number of ether oxygens (including phenoxy) is 1. The Morgan fingerprint density at radius 2 is 1.89 bits per heavy atom. The average Bonchev–Trinajstić information content (AvgIpc) is 2.59. The van der Waals surface area contributed by atoms with Crippen LogP contribution in [0, 0.1) is 5.92 Å². The van der Waals surface area contributed by atoms with Crippen LogP contribution < -0.4 is 5.32 Å². The van der Waals surface area contributed by atoms with Crippen molar-refractivity contribution in [1.82, 2.24) is 5.32 Å². The van der Waals surface area contributed by atoms with Crippen LogP contribution in [0.1, 0.15) is 52.0 Å². The largest absolute Gasteiger partial charge is 0.481 e. The van der Waals surface area contributed by atoms with E-state index in [9.17, 15) is 14.7 Å². The first kappa shape index (κ1) is 23.3. The van der Waals surface area contributed by atoms with Gasteiger partial charge in [0.15, 0.2) is 0 Å². The lowest BCUT2D eigenvalue weighted by molar-refractivity contribution is -0.142. The molecule has 0 saturated carbocycles. The number of carboxylic acids is 1. The van der Waals surface area contributed by atoms with Crippen LogP contribution in [0.15, 0.2) is 35.4 Å². The number of benzene rings is 1. The van der Waals surface area contributed by atoms with Crippen LogP contribution >= 0.6 is 0 Å². The van der Waals surface area contributed by atoms with E-state index in [4.69, 9.17) is 10.3 Å². The predicted octanol–water partition coefficient (Wildman–Crippen LogP) is 4.69. The Morgan fingerprint density at radius 3 is 2.46 bits per heavy atom. The molecule has 0 radical (unpaired) electrons. The molecule has 0 fully saturated rings. The lowest BCUT2D eigenvalue weighted by Crippen LogP contribution is -2.40. The minimum atomic E-state index is -0.878. The van der Waals surface area contributed by atoms with E-state index in [1.54, 1.807) is 20.8 Å². The molecule has 8 nitrogen and oxygen atoms in total. The van der Waals surface area contributed by atoms with E-state index in [-0.39, 0.29) is 12.6 Å². The molecular formula is C20H30N4O4. The van der Waals surface area contributed by atoms with Crippen molar-refractivity contribution in [2.24, 2.45) is 11.0 Å². The van der Waals surface area contributed by atoms with Crippen LogP contribution in [0.3, 0.4) is 0 Å². The van der Waals surface area contributed by atoms with Crippen LogP contribution in [-0.4, -0.2) is 35.4 Å². The number of carboxylic acid groups (broad SMARTS) is 1. The highest BCUT2D eigenvalue weighted by atomic mass is 16.6. The Morgan fingerprint density at radius 1 is 1.21 bits per heavy atom. The third kappa shape index (κ3) is 10.4. The number of nitrogens with one attached hydrogen (secondary N) is 1. The predicted molar refractivity (Wildman–Crippen MR) is 107 cm³/mol. The highest BCUT2D eigenvalue weighted by Gasteiger charge is 2.23. The normalized spacial score (nSPS) is 13.1. The quantitative estimate of drug-likeness (QED) is 0.246. The minimum absolute atomic E-state index is 0.240. The summed E-state index contributed by atoms with van der Waals surface area (Å²) < 4.78 is 5.34. The van der Waals surface area contributed by atoms with Gasteiger partial charge >= 0.3 is 12.1 Å². The number of alkyl carbamates (subject to hydrolysis) is 1. The van der Waals surface area contributed by atoms with Crippen molar-refractivity contribution in [2.75, 3.05) is 6.54 Å². The monoisotopic (exact) mass is 390 g/mol. The van der Waals surface area contributed by atoms with E-state index in [0.29, 0.717) is 32.1 Å². The first-order valence-electron chi connectivity index (χ1n) is 9.48. The van der Waals surface area contributed by atoms with Crippen LogP contribution in [-0.2, 0) is 16.0 Å². The fourth-order valence-electron chi connectivity index (χ4n) is 2.84. The number of azide groups is 1. The Balaban J connectivity index is 2.72. The zero-order valence-corrected chi connectivity index (χ0v) is 16.8. The van der Waals surface area contributed by atoms with E-state index in [2.05, 4.69) is 15.3 Å². The van der Waals surface area contributed by atoms with E-state index >= 15 is 0 Å². The summed E-state index contributed by atoms with van der Waals surface area (Å²) in [5, 5.41) is 15.8. The number of hydrogen-bond acceptors (Lipinski definition) is 4. The molecule has 0 unspecified atom stereocenters. The number of aliphatic carboxylic acids is 1. The van der Waals surface area contributed by atoms with Crippen molar-refractivity contribution in [1.29, 1.82) is 0 Å². The van der Waals surface area contributed by atoms with Gasteiger partial charge in [0, 0.05) is 17.5 Å². The number of nitrogens with zero attached hydrogens (tertiary/aromatic N) is 3. The zero-order chi connectivity index (χ0) is 21.0. The molecular weight excluding hydrogens is 360 g/mol. The second kappa shape index (κ2) is 11.9. The van der Waals surface area contributed by atoms with E-state index in [1.165, 1.54) is 0 Å².